The van der Waals surface area contributed by atoms with Gasteiger partial charge in [0.25, 0.3) is 0 Å². The Kier molecular flexibility index (Phi) is 29.3. The molecule has 0 radical (unpaired) electrons. The van der Waals surface area contributed by atoms with Crippen molar-refractivity contribution in [2.24, 2.45) is 17.8 Å². The van der Waals surface area contributed by atoms with E-state index in [1.54, 1.807) is 67.7 Å². The molecule has 0 N–H and O–H groups in total. The van der Waals surface area contributed by atoms with Gasteiger partial charge in [0.2, 0.25) is 0 Å². The van der Waals surface area contributed by atoms with Crippen LogP contribution < -0.4 is 0 Å². The molecule has 18 heteroatoms. The van der Waals surface area contributed by atoms with Crippen LogP contribution in [0.25, 0.3) is 0 Å². The molecule has 0 aromatic heterocycles. The minimum Gasteiger partial charge on any atom is -0.462 e. The van der Waals surface area contributed by atoms with E-state index in [1.807, 2.05) is 20.8 Å². The lowest BCUT2D eigenvalue weighted by atomic mass is 9.89. The van der Waals surface area contributed by atoms with E-state index in [0.717, 1.165) is 20.8 Å². The van der Waals surface area contributed by atoms with Gasteiger partial charge in [-0.1, -0.05) is 88.5 Å². The molecule has 0 bridgehead atoms. The van der Waals surface area contributed by atoms with Crippen molar-refractivity contribution in [1.29, 1.82) is 0 Å². The zero-order valence-electron chi connectivity index (χ0n) is 42.7. The molecule has 0 saturated heterocycles. The average molecular weight is 987 g/mol. The maximum Gasteiger partial charge on any atom is 0.331 e. The van der Waals surface area contributed by atoms with E-state index >= 15 is 0 Å². The number of ether oxygens (including phenoxy) is 9. The van der Waals surface area contributed by atoms with Gasteiger partial charge in [-0.15, -0.1) is 0 Å². The topological polar surface area (TPSA) is 237 Å². The first-order valence-electron chi connectivity index (χ1n) is 23.4. The normalized spacial score (nSPS) is 29.7. The van der Waals surface area contributed by atoms with Crippen molar-refractivity contribution in [3.63, 3.8) is 0 Å². The standard InChI is InChI=1S/C52H74O18/c1-32(2)52-33(3)24-25-43(62-35(5)53)26-44(63-36(6)54)27-45(64-37(7)55)28-46(65-38(8)56)29-47(66-39(9)57)30-48(67-40(10)58)31-50(69-42(12)60)34(4)49(68-41(11)59)22-20-18-16-14-13-15-17-19-21-23-51(61)70-52/h13-21,23-25,32-34,43-50,52H,22,26-31H2,1-12H3/b15-13+,16-14+,19-17+,20-18+,23-21+,25-24+/t33-,34+,43?,44?,45?,46?,47?,48?,49?,50-,52?/m1/s1. The van der Waals surface area contributed by atoms with Gasteiger partial charge in [0.05, 0.1) is 0 Å². The summed E-state index contributed by atoms with van der Waals surface area (Å²) < 4.78 is 51.3. The fourth-order valence-electron chi connectivity index (χ4n) is 7.85. The Bertz CT molecular complexity index is 1920. The number of hydrogen-bond acceptors (Lipinski definition) is 18. The van der Waals surface area contributed by atoms with Crippen LogP contribution in [0.4, 0.5) is 0 Å². The Labute approximate surface area is 412 Å². The summed E-state index contributed by atoms with van der Waals surface area (Å²) in [5, 5.41) is 0. The molecule has 70 heavy (non-hydrogen) atoms. The smallest absolute Gasteiger partial charge is 0.331 e. The Morgan fingerprint density at radius 1 is 0.457 bits per heavy atom. The summed E-state index contributed by atoms with van der Waals surface area (Å²) in [6.45, 7) is 16.8. The first kappa shape index (κ1) is 61.7. The van der Waals surface area contributed by atoms with E-state index in [1.165, 1.54) is 46.8 Å². The highest BCUT2D eigenvalue weighted by Crippen LogP contribution is 2.29. The number of carbonyl (C=O) groups excluding carboxylic acids is 9. The Morgan fingerprint density at radius 2 is 0.814 bits per heavy atom. The van der Waals surface area contributed by atoms with Crippen molar-refractivity contribution in [2.45, 2.75) is 183 Å². The number of esters is 9. The predicted molar refractivity (Wildman–Crippen MR) is 255 cm³/mol. The van der Waals surface area contributed by atoms with Crippen LogP contribution in [0.1, 0.15) is 128 Å². The largest absolute Gasteiger partial charge is 0.462 e. The van der Waals surface area contributed by atoms with Crippen LogP contribution in [0.5, 0.6) is 0 Å². The van der Waals surface area contributed by atoms with E-state index in [-0.39, 0.29) is 56.8 Å². The maximum absolute atomic E-state index is 12.9. The van der Waals surface area contributed by atoms with Crippen LogP contribution in [-0.2, 0) is 85.8 Å². The molecule has 0 spiro atoms. The van der Waals surface area contributed by atoms with E-state index in [0.29, 0.717) is 0 Å². The van der Waals surface area contributed by atoms with Crippen molar-refractivity contribution in [2.75, 3.05) is 0 Å². The van der Waals surface area contributed by atoms with Crippen LogP contribution in [-0.4, -0.2) is 109 Å². The Morgan fingerprint density at radius 3 is 1.21 bits per heavy atom. The van der Waals surface area contributed by atoms with Gasteiger partial charge < -0.3 is 42.6 Å². The van der Waals surface area contributed by atoms with Gasteiger partial charge in [-0.05, 0) is 12.0 Å². The minimum atomic E-state index is -1.13. The fraction of sp³-hybridized carbons (Fsp3) is 0.596. The van der Waals surface area contributed by atoms with Gasteiger partial charge in [-0.25, -0.2) is 4.79 Å². The van der Waals surface area contributed by atoms with Gasteiger partial charge in [-0.3, -0.25) is 38.4 Å². The Hall–Kier alpha value is -6.33. The molecule has 1 rings (SSSR count). The molecule has 0 aliphatic carbocycles. The van der Waals surface area contributed by atoms with E-state index < -0.39 is 115 Å². The zero-order chi connectivity index (χ0) is 52.9. The second-order valence-corrected chi connectivity index (χ2v) is 17.4. The highest BCUT2D eigenvalue weighted by Gasteiger charge is 2.36. The highest BCUT2D eigenvalue weighted by molar-refractivity contribution is 5.82. The molecule has 390 valence electrons. The molecule has 0 saturated carbocycles. The minimum absolute atomic E-state index is 0.111. The van der Waals surface area contributed by atoms with Gasteiger partial charge in [0.15, 0.2) is 0 Å². The maximum atomic E-state index is 12.9. The summed E-state index contributed by atoms with van der Waals surface area (Å²) in [6.07, 6.45) is 10.3. The second-order valence-electron chi connectivity index (χ2n) is 17.4. The van der Waals surface area contributed by atoms with Crippen molar-refractivity contribution in [3.05, 3.63) is 72.9 Å². The van der Waals surface area contributed by atoms with Crippen molar-refractivity contribution >= 4 is 53.7 Å². The van der Waals surface area contributed by atoms with Crippen LogP contribution >= 0.6 is 0 Å². The van der Waals surface area contributed by atoms with Crippen LogP contribution in [0, 0.1) is 17.8 Å². The third-order valence-electron chi connectivity index (χ3n) is 10.5. The van der Waals surface area contributed by atoms with E-state index in [9.17, 15) is 43.2 Å². The SMILES string of the molecule is CC(=O)OC1/C=C/[C@@H](C)C(C(C)C)OC(=O)/C=C/C=C/C=C/C=C/C=C/CC(OC(C)=O)[C@H](C)[C@H](OC(C)=O)CC(OC(C)=O)CC(OC(C)=O)CC(OC(C)=O)CC(OC(C)=O)CC(OC(C)=O)C1. The fourth-order valence-corrected chi connectivity index (χ4v) is 7.85. The quantitative estimate of drug-likeness (QED) is 0.125. The van der Waals surface area contributed by atoms with Crippen LogP contribution in [0.3, 0.4) is 0 Å². The van der Waals surface area contributed by atoms with E-state index in [4.69, 9.17) is 42.6 Å². The molecule has 1 aliphatic rings. The van der Waals surface area contributed by atoms with Crippen molar-refractivity contribution in [3.8, 4) is 0 Å². The summed E-state index contributed by atoms with van der Waals surface area (Å²) in [4.78, 5) is 113. The molecule has 0 aromatic rings. The van der Waals surface area contributed by atoms with Gasteiger partial charge in [-0.2, -0.15) is 0 Å². The third-order valence-corrected chi connectivity index (χ3v) is 10.5. The molecule has 1 aliphatic heterocycles. The predicted octanol–water partition coefficient (Wildman–Crippen LogP) is 7.36. The van der Waals surface area contributed by atoms with Gasteiger partial charge in [0.1, 0.15) is 54.9 Å². The van der Waals surface area contributed by atoms with Crippen LogP contribution in [0.2, 0.25) is 0 Å². The molecular formula is C52H74O18. The molecule has 11 atom stereocenters. The van der Waals surface area contributed by atoms with Crippen molar-refractivity contribution < 1.29 is 85.8 Å². The van der Waals surface area contributed by atoms with Gasteiger partial charge >= 0.3 is 53.7 Å². The first-order chi connectivity index (χ1) is 32.8. The number of carbonyl (C=O) groups is 9. The lowest BCUT2D eigenvalue weighted by molar-refractivity contribution is -0.164. The summed E-state index contributed by atoms with van der Waals surface area (Å²) in [7, 11) is 0. The summed E-state index contributed by atoms with van der Waals surface area (Å²) in [6, 6.07) is 0. The third kappa shape index (κ3) is 28.9. The first-order valence-corrected chi connectivity index (χ1v) is 23.4. The number of rotatable bonds is 9. The molecule has 0 fully saturated rings. The highest BCUT2D eigenvalue weighted by atomic mass is 16.6. The molecule has 1 heterocycles. The molecule has 0 amide bonds. The second kappa shape index (κ2) is 33.2. The van der Waals surface area contributed by atoms with E-state index in [2.05, 4.69) is 0 Å². The summed E-state index contributed by atoms with van der Waals surface area (Å²) >= 11 is 0. The lowest BCUT2D eigenvalue weighted by Crippen LogP contribution is -2.40. The zero-order valence-corrected chi connectivity index (χ0v) is 42.7. The molecule has 0 aromatic carbocycles. The molecular weight excluding hydrogens is 913 g/mol. The number of allylic oxidation sites excluding steroid dienone is 8. The van der Waals surface area contributed by atoms with Crippen molar-refractivity contribution in [1.82, 2.24) is 0 Å². The summed E-state index contributed by atoms with van der Waals surface area (Å²) in [5.74, 6) is -7.28. The number of cyclic esters (lactones) is 1. The Balaban J connectivity index is 3.99. The van der Waals surface area contributed by atoms with Crippen LogP contribution in [0.15, 0.2) is 72.9 Å². The van der Waals surface area contributed by atoms with Gasteiger partial charge in [0, 0.05) is 118 Å². The number of hydrogen-bond donors (Lipinski definition) is 0. The average Bonchev–Trinajstić information content (AvgIpc) is 3.20. The lowest BCUT2D eigenvalue weighted by Gasteiger charge is -2.33. The molecule has 8 unspecified atom stereocenters. The molecule has 18 nitrogen and oxygen atoms in total. The monoisotopic (exact) mass is 986 g/mol. The summed E-state index contributed by atoms with van der Waals surface area (Å²) in [5.41, 5.74) is 0.